The van der Waals surface area contributed by atoms with Crippen LogP contribution in [0.1, 0.15) is 19.8 Å². The highest BCUT2D eigenvalue weighted by Gasteiger charge is 2.38. The lowest BCUT2D eigenvalue weighted by atomic mass is 10.4. The first-order chi connectivity index (χ1) is 15.1. The summed E-state index contributed by atoms with van der Waals surface area (Å²) in [5.41, 5.74) is 0.427. The van der Waals surface area contributed by atoms with Crippen molar-refractivity contribution in [2.45, 2.75) is 31.9 Å². The van der Waals surface area contributed by atoms with Gasteiger partial charge in [0.1, 0.15) is 9.76 Å². The average Bonchev–Trinajstić information content (AvgIpc) is 2.80. The van der Waals surface area contributed by atoms with Gasteiger partial charge in [0.25, 0.3) is 0 Å². The van der Waals surface area contributed by atoms with E-state index in [-0.39, 0.29) is 12.6 Å². The summed E-state index contributed by atoms with van der Waals surface area (Å²) in [6, 6.07) is 22.9. The van der Waals surface area contributed by atoms with Gasteiger partial charge in [-0.1, -0.05) is 67.2 Å². The van der Waals surface area contributed by atoms with E-state index < -0.39 is 18.1 Å². The number of ether oxygens (including phenoxy) is 2. The molecule has 5 nitrogen and oxygen atoms in total. The van der Waals surface area contributed by atoms with Crippen molar-refractivity contribution in [3.05, 3.63) is 72.8 Å². The first-order valence-electron chi connectivity index (χ1n) is 10.9. The van der Waals surface area contributed by atoms with Crippen molar-refractivity contribution in [1.82, 2.24) is 0 Å². The van der Waals surface area contributed by atoms with Crippen LogP contribution in [0.3, 0.4) is 0 Å². The summed E-state index contributed by atoms with van der Waals surface area (Å²) < 4.78 is 17.6. The lowest BCUT2D eigenvalue weighted by Gasteiger charge is -2.33. The van der Waals surface area contributed by atoms with Crippen molar-refractivity contribution in [1.29, 1.82) is 0 Å². The van der Waals surface area contributed by atoms with Crippen molar-refractivity contribution >= 4 is 34.4 Å². The van der Waals surface area contributed by atoms with Gasteiger partial charge in [-0.2, -0.15) is 0 Å². The Bertz CT molecular complexity index is 744. The van der Waals surface area contributed by atoms with Gasteiger partial charge in [-0.15, -0.1) is 0 Å². The van der Waals surface area contributed by atoms with E-state index >= 15 is 0 Å². The predicted molar refractivity (Wildman–Crippen MR) is 130 cm³/mol. The van der Waals surface area contributed by atoms with Crippen LogP contribution in [0.15, 0.2) is 72.8 Å². The summed E-state index contributed by atoms with van der Waals surface area (Å²) >= 11 is 0. The summed E-state index contributed by atoms with van der Waals surface area (Å²) in [6.45, 7) is 6.68. The zero-order chi connectivity index (χ0) is 22.4. The molecule has 0 heterocycles. The first kappa shape index (κ1) is 25.2. The van der Waals surface area contributed by atoms with E-state index in [0.29, 0.717) is 25.4 Å². The van der Waals surface area contributed by atoms with Crippen LogP contribution in [0, 0.1) is 0 Å². The third-order valence-electron chi connectivity index (χ3n) is 5.00. The van der Waals surface area contributed by atoms with Crippen molar-refractivity contribution in [2.75, 3.05) is 26.4 Å². The summed E-state index contributed by atoms with van der Waals surface area (Å²) in [4.78, 5) is 11.5. The molecule has 0 saturated heterocycles. The van der Waals surface area contributed by atoms with Crippen molar-refractivity contribution in [3.63, 3.8) is 0 Å². The lowest BCUT2D eigenvalue weighted by molar-refractivity contribution is -0.138. The normalized spacial score (nSPS) is 11.7. The molecule has 0 amide bonds. The zero-order valence-corrected chi connectivity index (χ0v) is 20.8. The van der Waals surface area contributed by atoms with Crippen LogP contribution in [0.25, 0.3) is 0 Å². The third-order valence-corrected chi connectivity index (χ3v) is 12.2. The second kappa shape index (κ2) is 14.1. The van der Waals surface area contributed by atoms with Crippen LogP contribution in [-0.2, 0) is 18.4 Å². The molecule has 0 spiro atoms. The minimum absolute atomic E-state index is 0.0410. The van der Waals surface area contributed by atoms with E-state index in [1.165, 1.54) is 10.4 Å². The molecule has 2 rings (SSSR count). The van der Waals surface area contributed by atoms with E-state index in [0.717, 1.165) is 24.9 Å². The van der Waals surface area contributed by atoms with Crippen molar-refractivity contribution < 1.29 is 23.5 Å². The predicted octanol–water partition coefficient (Wildman–Crippen LogP) is 2.17. The number of hydrogen-bond acceptors (Lipinski definition) is 5. The summed E-state index contributed by atoms with van der Waals surface area (Å²) in [7, 11) is -3.23. The Morgan fingerprint density at radius 3 is 2.13 bits per heavy atom. The van der Waals surface area contributed by atoms with Gasteiger partial charge in [0.05, 0.1) is 19.8 Å². The average molecular weight is 459 g/mol. The topological polar surface area (TPSA) is 65.0 Å². The molecule has 0 aromatic heterocycles. The highest BCUT2D eigenvalue weighted by molar-refractivity contribution is 6.99. The number of hydrogen-bond donors (Lipinski definition) is 1. The number of carbonyl (C=O) groups excluding carboxylic acids is 1. The number of rotatable bonds is 15. The van der Waals surface area contributed by atoms with Crippen LogP contribution in [0.4, 0.5) is 0 Å². The van der Waals surface area contributed by atoms with Gasteiger partial charge in [0, 0.05) is 12.2 Å². The quantitative estimate of drug-likeness (QED) is 0.192. The van der Waals surface area contributed by atoms with E-state index in [2.05, 4.69) is 55.1 Å². The van der Waals surface area contributed by atoms with Crippen LogP contribution in [0.2, 0.25) is 12.1 Å². The molecule has 2 aromatic carbocycles. The number of carbonyl (C=O) groups is 1. The van der Waals surface area contributed by atoms with Gasteiger partial charge < -0.3 is 18.7 Å². The SMILES string of the molecule is C=C(C)C(=O)OCCC[SiH2]O[Si](CCCOCCO)(c1ccccc1)c1ccccc1. The maximum atomic E-state index is 11.5. The second-order valence-electron chi connectivity index (χ2n) is 7.47. The van der Waals surface area contributed by atoms with Crippen LogP contribution >= 0.6 is 0 Å². The second-order valence-corrected chi connectivity index (χ2v) is 13.0. The van der Waals surface area contributed by atoms with Crippen LogP contribution in [0.5, 0.6) is 0 Å². The monoisotopic (exact) mass is 458 g/mol. The highest BCUT2D eigenvalue weighted by atomic mass is 28.4. The minimum atomic E-state index is -2.41. The molecule has 0 aliphatic heterocycles. The largest absolute Gasteiger partial charge is 0.462 e. The van der Waals surface area contributed by atoms with E-state index in [9.17, 15) is 4.79 Å². The van der Waals surface area contributed by atoms with E-state index in [1.807, 2.05) is 12.1 Å². The fourth-order valence-corrected chi connectivity index (χ4v) is 10.7. The molecule has 0 radical (unpaired) electrons. The van der Waals surface area contributed by atoms with Gasteiger partial charge >= 0.3 is 5.97 Å². The number of aliphatic hydroxyl groups is 1. The molecule has 0 aliphatic carbocycles. The molecule has 31 heavy (non-hydrogen) atoms. The molecule has 1 N–H and O–H groups in total. The third kappa shape index (κ3) is 8.19. The highest BCUT2D eigenvalue weighted by Crippen LogP contribution is 2.16. The number of aliphatic hydroxyl groups excluding tert-OH is 1. The van der Waals surface area contributed by atoms with E-state index in [1.54, 1.807) is 6.92 Å². The molecule has 0 fully saturated rings. The fraction of sp³-hybridized carbons (Fsp3) is 0.375. The molecular weight excluding hydrogens is 424 g/mol. The number of esters is 1. The Balaban J connectivity index is 2.10. The minimum Gasteiger partial charge on any atom is -0.462 e. The Labute approximate surface area is 189 Å². The molecule has 7 heteroatoms. The summed E-state index contributed by atoms with van der Waals surface area (Å²) in [6.07, 6.45) is 1.68. The molecule has 0 bridgehead atoms. The summed E-state index contributed by atoms with van der Waals surface area (Å²) in [5.74, 6) is -0.331. The Kier molecular flexibility index (Phi) is 11.5. The van der Waals surface area contributed by atoms with Crippen molar-refractivity contribution in [2.24, 2.45) is 0 Å². The molecule has 2 aromatic rings. The molecular formula is C24H34O5Si2. The van der Waals surface area contributed by atoms with Gasteiger partial charge in [0.2, 0.25) is 8.32 Å². The van der Waals surface area contributed by atoms with Gasteiger partial charge in [0.15, 0.2) is 0 Å². The van der Waals surface area contributed by atoms with Crippen LogP contribution < -0.4 is 10.4 Å². The molecule has 0 unspecified atom stereocenters. The molecule has 0 atom stereocenters. The zero-order valence-electron chi connectivity index (χ0n) is 18.4. The summed E-state index contributed by atoms with van der Waals surface area (Å²) in [5, 5.41) is 11.5. The van der Waals surface area contributed by atoms with Crippen LogP contribution in [-0.4, -0.2) is 55.6 Å². The fourth-order valence-electron chi connectivity index (χ4n) is 3.44. The molecule has 0 aliphatic rings. The lowest BCUT2D eigenvalue weighted by Crippen LogP contribution is -2.61. The Morgan fingerprint density at radius 2 is 1.58 bits per heavy atom. The van der Waals surface area contributed by atoms with Gasteiger partial charge in [-0.25, -0.2) is 4.79 Å². The molecule has 168 valence electrons. The van der Waals surface area contributed by atoms with Gasteiger partial charge in [-0.3, -0.25) is 0 Å². The Morgan fingerprint density at radius 1 is 0.968 bits per heavy atom. The maximum Gasteiger partial charge on any atom is 0.333 e. The smallest absolute Gasteiger partial charge is 0.333 e. The maximum absolute atomic E-state index is 11.5. The standard InChI is InChI=1S/C24H34O5Si2/c1-21(2)24(26)28-17-9-19-30-29-31(20-10-16-27-18-15-25,22-11-5-3-6-12-22)23-13-7-4-8-14-23/h3-8,11-14,25H,1,9-10,15-20,30H2,2H3. The Hall–Kier alpha value is -2.04. The van der Waals surface area contributed by atoms with Gasteiger partial charge in [-0.05, 0) is 42.2 Å². The molecule has 0 saturated carbocycles. The van der Waals surface area contributed by atoms with Crippen molar-refractivity contribution in [3.8, 4) is 0 Å². The first-order valence-corrected chi connectivity index (χ1v) is 14.6. The number of benzene rings is 2. The van der Waals surface area contributed by atoms with E-state index in [4.69, 9.17) is 18.7 Å².